The van der Waals surface area contributed by atoms with Crippen LogP contribution >= 0.6 is 0 Å². The topological polar surface area (TPSA) is 139 Å². The third kappa shape index (κ3) is 5.37. The van der Waals surface area contributed by atoms with E-state index in [2.05, 4.69) is 10.6 Å². The van der Waals surface area contributed by atoms with E-state index in [1.165, 1.54) is 18.4 Å². The second-order valence-electron chi connectivity index (χ2n) is 9.07. The van der Waals surface area contributed by atoms with Crippen LogP contribution in [0.2, 0.25) is 0 Å². The third-order valence-electron chi connectivity index (χ3n) is 6.17. The summed E-state index contributed by atoms with van der Waals surface area (Å²) in [5.41, 5.74) is 2.20. The zero-order valence-corrected chi connectivity index (χ0v) is 20.4. The molecule has 2 heterocycles. The molecular formula is C27H25FN2O7. The first-order chi connectivity index (χ1) is 17.5. The second-order valence-corrected chi connectivity index (χ2v) is 9.07. The molecule has 0 aliphatic carbocycles. The minimum Gasteiger partial charge on any atom is -0.480 e. The average Bonchev–Trinajstić information content (AvgIpc) is 3.25. The zero-order chi connectivity index (χ0) is 26.9. The molecule has 1 atom stereocenters. The maximum atomic E-state index is 13.4. The molecule has 0 aliphatic rings. The lowest BCUT2D eigenvalue weighted by molar-refractivity contribution is -0.143. The predicted octanol–water partition coefficient (Wildman–Crippen LogP) is 3.54. The summed E-state index contributed by atoms with van der Waals surface area (Å²) in [6.07, 6.45) is 1.20. The van der Waals surface area contributed by atoms with Gasteiger partial charge in [-0.05, 0) is 42.2 Å². The number of rotatable bonds is 8. The summed E-state index contributed by atoms with van der Waals surface area (Å²) < 4.78 is 24.5. The SMILES string of the molecule is Cc1c(CC(=O)NCC(=O)N[C@@H](C(=O)O)C(C)C)c(=O)oc2cc3occ(-c4ccc(F)cc4)c3cc12. The van der Waals surface area contributed by atoms with Gasteiger partial charge in [-0.2, -0.15) is 0 Å². The van der Waals surface area contributed by atoms with Crippen molar-refractivity contribution in [1.29, 1.82) is 0 Å². The Bertz CT molecular complexity index is 1570. The van der Waals surface area contributed by atoms with Crippen LogP contribution in [0.25, 0.3) is 33.1 Å². The van der Waals surface area contributed by atoms with Crippen molar-refractivity contribution in [3.8, 4) is 11.1 Å². The number of carbonyl (C=O) groups is 3. The number of hydrogen-bond donors (Lipinski definition) is 3. The lowest BCUT2D eigenvalue weighted by Crippen LogP contribution is -2.48. The Balaban J connectivity index is 1.57. The van der Waals surface area contributed by atoms with Crippen LogP contribution in [0.15, 0.2) is 56.3 Å². The number of halogens is 1. The van der Waals surface area contributed by atoms with Crippen LogP contribution in [0.4, 0.5) is 4.39 Å². The number of carboxylic acids is 1. The zero-order valence-electron chi connectivity index (χ0n) is 20.4. The number of hydrogen-bond acceptors (Lipinski definition) is 6. The number of furan rings is 1. The number of aliphatic carboxylic acids is 1. The molecule has 3 N–H and O–H groups in total. The van der Waals surface area contributed by atoms with Gasteiger partial charge >= 0.3 is 11.6 Å². The van der Waals surface area contributed by atoms with Crippen molar-refractivity contribution in [3.63, 3.8) is 0 Å². The third-order valence-corrected chi connectivity index (χ3v) is 6.17. The molecule has 0 bridgehead atoms. The van der Waals surface area contributed by atoms with Crippen molar-refractivity contribution in [2.24, 2.45) is 5.92 Å². The lowest BCUT2D eigenvalue weighted by Gasteiger charge is -2.18. The standard InChI is InChI=1S/C27H25FN2O7/c1-13(2)25(26(33)34)30-24(32)11-29-23(31)9-18-14(3)17-8-19-20(15-4-6-16(28)7-5-15)12-36-21(19)10-22(17)37-27(18)35/h4-8,10,12-13,25H,9,11H2,1-3H3,(H,29,31)(H,30,32)(H,33,34)/t25-/m1/s1. The Morgan fingerprint density at radius 3 is 2.38 bits per heavy atom. The maximum absolute atomic E-state index is 13.4. The minimum atomic E-state index is -1.17. The van der Waals surface area contributed by atoms with Crippen molar-refractivity contribution in [3.05, 3.63) is 70.0 Å². The van der Waals surface area contributed by atoms with Gasteiger partial charge in [0, 0.05) is 22.4 Å². The van der Waals surface area contributed by atoms with E-state index < -0.39 is 36.0 Å². The van der Waals surface area contributed by atoms with Gasteiger partial charge in [-0.3, -0.25) is 9.59 Å². The molecule has 0 spiro atoms. The number of carbonyl (C=O) groups excluding carboxylic acids is 2. The van der Waals surface area contributed by atoms with E-state index >= 15 is 0 Å². The van der Waals surface area contributed by atoms with Gasteiger partial charge < -0.3 is 24.6 Å². The van der Waals surface area contributed by atoms with E-state index in [1.54, 1.807) is 45.0 Å². The molecule has 10 heteroatoms. The Labute approximate surface area is 210 Å². The monoisotopic (exact) mass is 508 g/mol. The number of carboxylic acid groups (broad SMARTS) is 1. The molecule has 2 amide bonds. The predicted molar refractivity (Wildman–Crippen MR) is 134 cm³/mol. The van der Waals surface area contributed by atoms with E-state index in [-0.39, 0.29) is 29.3 Å². The summed E-state index contributed by atoms with van der Waals surface area (Å²) in [6.45, 7) is 4.56. The molecule has 0 saturated heterocycles. The normalized spacial score (nSPS) is 12.1. The number of benzene rings is 2. The highest BCUT2D eigenvalue weighted by Crippen LogP contribution is 2.34. The molecule has 4 aromatic rings. The molecule has 37 heavy (non-hydrogen) atoms. The van der Waals surface area contributed by atoms with Crippen LogP contribution in [0.1, 0.15) is 25.0 Å². The van der Waals surface area contributed by atoms with E-state index in [1.807, 2.05) is 0 Å². The molecule has 9 nitrogen and oxygen atoms in total. The highest BCUT2D eigenvalue weighted by molar-refractivity contribution is 6.02. The summed E-state index contributed by atoms with van der Waals surface area (Å²) in [6, 6.07) is 8.26. The summed E-state index contributed by atoms with van der Waals surface area (Å²) in [4.78, 5) is 48.5. The molecule has 192 valence electrons. The summed E-state index contributed by atoms with van der Waals surface area (Å²) in [7, 11) is 0. The van der Waals surface area contributed by atoms with Gasteiger partial charge in [0.15, 0.2) is 0 Å². The minimum absolute atomic E-state index is 0.127. The van der Waals surface area contributed by atoms with Gasteiger partial charge in [-0.1, -0.05) is 26.0 Å². The molecule has 4 rings (SSSR count). The molecule has 2 aromatic heterocycles. The maximum Gasteiger partial charge on any atom is 0.340 e. The Hall–Kier alpha value is -4.47. The number of aryl methyl sites for hydroxylation is 1. The quantitative estimate of drug-likeness (QED) is 0.310. The van der Waals surface area contributed by atoms with E-state index in [0.29, 0.717) is 16.5 Å². The summed E-state index contributed by atoms with van der Waals surface area (Å²) >= 11 is 0. The molecule has 0 aliphatic heterocycles. The Morgan fingerprint density at radius 1 is 1.03 bits per heavy atom. The fraction of sp³-hybridized carbons (Fsp3) is 0.259. The lowest BCUT2D eigenvalue weighted by atomic mass is 9.99. The average molecular weight is 509 g/mol. The van der Waals surface area contributed by atoms with Crippen molar-refractivity contribution in [1.82, 2.24) is 10.6 Å². The van der Waals surface area contributed by atoms with Gasteiger partial charge in [0.1, 0.15) is 23.0 Å². The molecule has 0 saturated carbocycles. The largest absolute Gasteiger partial charge is 0.480 e. The first-order valence-corrected chi connectivity index (χ1v) is 11.6. The van der Waals surface area contributed by atoms with Gasteiger partial charge in [-0.25, -0.2) is 14.0 Å². The number of amides is 2. The highest BCUT2D eigenvalue weighted by Gasteiger charge is 2.24. The van der Waals surface area contributed by atoms with Crippen LogP contribution in [-0.2, 0) is 20.8 Å². The number of fused-ring (bicyclic) bond motifs is 2. The van der Waals surface area contributed by atoms with Crippen molar-refractivity contribution in [2.45, 2.75) is 33.2 Å². The van der Waals surface area contributed by atoms with Crippen molar-refractivity contribution >= 4 is 39.7 Å². The fourth-order valence-electron chi connectivity index (χ4n) is 4.11. The van der Waals surface area contributed by atoms with Crippen molar-refractivity contribution in [2.75, 3.05) is 6.54 Å². The van der Waals surface area contributed by atoms with Gasteiger partial charge in [0.25, 0.3) is 0 Å². The molecule has 2 aromatic carbocycles. The number of nitrogens with one attached hydrogen (secondary N) is 2. The van der Waals surface area contributed by atoms with Gasteiger partial charge in [-0.15, -0.1) is 0 Å². The van der Waals surface area contributed by atoms with Crippen LogP contribution in [0.5, 0.6) is 0 Å². The van der Waals surface area contributed by atoms with Crippen LogP contribution < -0.4 is 16.3 Å². The van der Waals surface area contributed by atoms with Crippen LogP contribution in [0.3, 0.4) is 0 Å². The highest BCUT2D eigenvalue weighted by atomic mass is 19.1. The first-order valence-electron chi connectivity index (χ1n) is 11.6. The van der Waals surface area contributed by atoms with Gasteiger partial charge in [0.2, 0.25) is 11.8 Å². The van der Waals surface area contributed by atoms with E-state index in [9.17, 15) is 28.7 Å². The van der Waals surface area contributed by atoms with Crippen molar-refractivity contribution < 1.29 is 32.7 Å². The second kappa shape index (κ2) is 10.3. The molecule has 0 fully saturated rings. The van der Waals surface area contributed by atoms with E-state index in [0.717, 1.165) is 16.5 Å². The molecule has 0 unspecified atom stereocenters. The first kappa shape index (κ1) is 25.6. The summed E-state index contributed by atoms with van der Waals surface area (Å²) in [5.74, 6) is -3.13. The van der Waals surface area contributed by atoms with Crippen LogP contribution in [0, 0.1) is 18.7 Å². The summed E-state index contributed by atoms with van der Waals surface area (Å²) in [5, 5.41) is 15.3. The van der Waals surface area contributed by atoms with E-state index in [4.69, 9.17) is 8.83 Å². The molecule has 0 radical (unpaired) electrons. The Kier molecular flexibility index (Phi) is 7.10. The fourth-order valence-corrected chi connectivity index (χ4v) is 4.11. The van der Waals surface area contributed by atoms with Crippen LogP contribution in [-0.4, -0.2) is 35.5 Å². The smallest absolute Gasteiger partial charge is 0.340 e. The Morgan fingerprint density at radius 2 is 1.73 bits per heavy atom. The van der Waals surface area contributed by atoms with Gasteiger partial charge in [0.05, 0.1) is 24.8 Å². The molecular weight excluding hydrogens is 483 g/mol.